The number of hydrogen-bond donors (Lipinski definition) is 1. The Morgan fingerprint density at radius 2 is 1.74 bits per heavy atom. The molecule has 2 aromatic rings. The van der Waals surface area contributed by atoms with Crippen molar-refractivity contribution in [3.8, 4) is 11.5 Å². The first-order valence-electron chi connectivity index (χ1n) is 12.2. The van der Waals surface area contributed by atoms with Crippen molar-refractivity contribution < 1.29 is 23.5 Å². The molecule has 1 aliphatic heterocycles. The molecule has 0 saturated carbocycles. The summed E-state index contributed by atoms with van der Waals surface area (Å²) in [6.07, 6.45) is 8.11. The number of allylic oxidation sites excluding steroid dienone is 1. The lowest BCUT2D eigenvalue weighted by atomic mass is 10.1. The van der Waals surface area contributed by atoms with Crippen LogP contribution >= 0.6 is 11.6 Å². The summed E-state index contributed by atoms with van der Waals surface area (Å²) in [4.78, 5) is 24.4. The molecule has 2 N–H and O–H groups in total. The van der Waals surface area contributed by atoms with Crippen molar-refractivity contribution in [2.45, 2.75) is 52.4 Å². The molecular formula is C27H37ClN2O5. The van der Waals surface area contributed by atoms with Crippen LogP contribution in [-0.4, -0.2) is 50.4 Å². The Hall–Kier alpha value is -2.77. The second-order valence-corrected chi connectivity index (χ2v) is 8.60. The van der Waals surface area contributed by atoms with E-state index in [2.05, 4.69) is 17.0 Å². The molecule has 35 heavy (non-hydrogen) atoms. The minimum atomic E-state index is -1.02. The lowest BCUT2D eigenvalue weighted by Crippen LogP contribution is -2.22. The number of fused-ring (bicyclic) bond motifs is 1. The third kappa shape index (κ3) is 8.44. The molecule has 1 saturated heterocycles. The molecule has 1 fully saturated rings. The van der Waals surface area contributed by atoms with Crippen molar-refractivity contribution in [2.24, 2.45) is 5.73 Å². The quantitative estimate of drug-likeness (QED) is 0.390. The van der Waals surface area contributed by atoms with E-state index in [1.54, 1.807) is 20.3 Å². The van der Waals surface area contributed by atoms with Crippen LogP contribution in [0.2, 0.25) is 0 Å². The van der Waals surface area contributed by atoms with E-state index in [4.69, 9.17) is 31.2 Å². The van der Waals surface area contributed by atoms with Gasteiger partial charge in [0.05, 0.1) is 14.2 Å². The number of Topliss-reactive ketones (excluding diaryl/α,β-unsaturated/α-hetero) is 1. The van der Waals surface area contributed by atoms with Crippen LogP contribution in [0.15, 0.2) is 33.7 Å². The van der Waals surface area contributed by atoms with Crippen LogP contribution in [-0.2, 0) is 17.6 Å². The number of nitrogens with zero attached hydrogens (tertiary/aromatic N) is 1. The molecular weight excluding hydrogens is 468 g/mol. The topological polar surface area (TPSA) is 95.0 Å². The van der Waals surface area contributed by atoms with Gasteiger partial charge in [-0.25, -0.2) is 0 Å². The Bertz CT molecular complexity index is 1010. The number of furan rings is 1. The first-order valence-corrected chi connectivity index (χ1v) is 12.5. The van der Waals surface area contributed by atoms with E-state index in [9.17, 15) is 9.59 Å². The summed E-state index contributed by atoms with van der Waals surface area (Å²) in [5.74, 6) is 0.459. The number of ether oxygens (including phenoxy) is 2. The molecule has 0 atom stereocenters. The monoisotopic (exact) mass is 504 g/mol. The number of methoxy groups -OCH3 is 2. The van der Waals surface area contributed by atoms with E-state index in [0.717, 1.165) is 23.5 Å². The maximum absolute atomic E-state index is 11.2. The molecule has 7 nitrogen and oxygen atoms in total. The van der Waals surface area contributed by atoms with Gasteiger partial charge in [-0.2, -0.15) is 0 Å². The molecule has 0 spiro atoms. The minimum Gasteiger partial charge on any atom is -0.493 e. The predicted molar refractivity (Wildman–Crippen MR) is 139 cm³/mol. The van der Waals surface area contributed by atoms with Gasteiger partial charge in [-0.15, -0.1) is 0 Å². The zero-order valence-electron chi connectivity index (χ0n) is 21.2. The van der Waals surface area contributed by atoms with E-state index in [1.165, 1.54) is 50.5 Å². The van der Waals surface area contributed by atoms with Crippen molar-refractivity contribution in [3.05, 3.63) is 51.9 Å². The number of carbonyl (C=O) groups is 2. The van der Waals surface area contributed by atoms with Crippen LogP contribution in [0.4, 0.5) is 0 Å². The van der Waals surface area contributed by atoms with Crippen LogP contribution in [0.25, 0.3) is 6.08 Å². The fourth-order valence-corrected chi connectivity index (χ4v) is 4.23. The highest BCUT2D eigenvalue weighted by Gasteiger charge is 2.21. The molecule has 0 unspecified atom stereocenters. The number of likely N-dealkylation sites (tertiary alicyclic amines) is 1. The van der Waals surface area contributed by atoms with E-state index < -0.39 is 11.7 Å². The number of ketones is 1. The van der Waals surface area contributed by atoms with Gasteiger partial charge in [-0.05, 0) is 81.6 Å². The summed E-state index contributed by atoms with van der Waals surface area (Å²) in [5.41, 5.74) is 6.94. The summed E-state index contributed by atoms with van der Waals surface area (Å²) in [6.45, 7) is 7.78. The second-order valence-electron chi connectivity index (χ2n) is 8.12. The van der Waals surface area contributed by atoms with Crippen molar-refractivity contribution in [1.82, 2.24) is 4.90 Å². The number of carbonyl (C=O) groups excluding carboxylic acids is 2. The molecule has 2 heterocycles. The molecule has 1 aromatic heterocycles. The van der Waals surface area contributed by atoms with Gasteiger partial charge in [0.1, 0.15) is 5.76 Å². The number of primary amides is 1. The zero-order chi connectivity index (χ0) is 25.8. The van der Waals surface area contributed by atoms with Crippen LogP contribution in [0.5, 0.6) is 11.5 Å². The SMILES string of the molecule is CC.COc1ccc(CCCN2CCCC2)cc1OC.NC(=O)C(=O)c1cc2c(o1)CCC(Cl)=C2. The molecule has 2 aliphatic rings. The minimum absolute atomic E-state index is 0.0184. The van der Waals surface area contributed by atoms with Gasteiger partial charge < -0.3 is 24.5 Å². The Labute approximate surface area is 213 Å². The molecule has 4 rings (SSSR count). The van der Waals surface area contributed by atoms with E-state index >= 15 is 0 Å². The Morgan fingerprint density at radius 1 is 1.06 bits per heavy atom. The highest BCUT2D eigenvalue weighted by atomic mass is 35.5. The number of benzene rings is 1. The number of aryl methyl sites for hydroxylation is 2. The van der Waals surface area contributed by atoms with E-state index in [1.807, 2.05) is 19.9 Å². The number of rotatable bonds is 8. The summed E-state index contributed by atoms with van der Waals surface area (Å²) in [6, 6.07) is 7.70. The van der Waals surface area contributed by atoms with Crippen molar-refractivity contribution in [1.29, 1.82) is 0 Å². The normalized spacial score (nSPS) is 14.5. The van der Waals surface area contributed by atoms with Gasteiger partial charge in [0.25, 0.3) is 11.7 Å². The summed E-state index contributed by atoms with van der Waals surface area (Å²) in [5, 5.41) is 0.710. The summed E-state index contributed by atoms with van der Waals surface area (Å²) < 4.78 is 15.8. The van der Waals surface area contributed by atoms with Gasteiger partial charge in [0.15, 0.2) is 17.3 Å². The molecule has 0 bridgehead atoms. The first-order chi connectivity index (χ1) is 16.9. The predicted octanol–water partition coefficient (Wildman–Crippen LogP) is 5.23. The molecule has 1 amide bonds. The zero-order valence-corrected chi connectivity index (χ0v) is 22.0. The maximum atomic E-state index is 11.2. The molecule has 192 valence electrons. The van der Waals surface area contributed by atoms with E-state index in [-0.39, 0.29) is 5.76 Å². The third-order valence-corrected chi connectivity index (χ3v) is 6.08. The average Bonchev–Trinajstić information content (AvgIpc) is 3.54. The average molecular weight is 505 g/mol. The Balaban J connectivity index is 0.000000234. The van der Waals surface area contributed by atoms with Gasteiger partial charge in [-0.1, -0.05) is 31.5 Å². The standard InChI is InChI=1S/C15H23NO2.C10H8ClNO3.C2H6/c1-17-14-8-7-13(12-15(14)18-2)6-5-11-16-9-3-4-10-16;11-6-1-2-7-5(3-6)4-8(15-7)9(13)10(12)14;1-2/h7-8,12H,3-6,9-11H2,1-2H3;3-4H,1-2H2,(H2,12,14);1-2H3. The smallest absolute Gasteiger partial charge is 0.293 e. The van der Waals surface area contributed by atoms with Gasteiger partial charge in [-0.3, -0.25) is 9.59 Å². The van der Waals surface area contributed by atoms with Crippen LogP contribution in [0.3, 0.4) is 0 Å². The summed E-state index contributed by atoms with van der Waals surface area (Å²) in [7, 11) is 3.36. The lowest BCUT2D eigenvalue weighted by molar-refractivity contribution is -0.114. The number of hydrogen-bond acceptors (Lipinski definition) is 6. The fraction of sp³-hybridized carbons (Fsp3) is 0.481. The first kappa shape index (κ1) is 28.5. The van der Waals surface area contributed by atoms with Gasteiger partial charge in [0.2, 0.25) is 0 Å². The molecule has 1 aromatic carbocycles. The van der Waals surface area contributed by atoms with Crippen molar-refractivity contribution in [2.75, 3.05) is 33.9 Å². The molecule has 0 radical (unpaired) electrons. The summed E-state index contributed by atoms with van der Waals surface area (Å²) >= 11 is 5.84. The van der Waals surface area contributed by atoms with Crippen LogP contribution < -0.4 is 15.2 Å². The van der Waals surface area contributed by atoms with E-state index in [0.29, 0.717) is 23.6 Å². The van der Waals surface area contributed by atoms with Gasteiger partial charge in [0, 0.05) is 17.0 Å². The van der Waals surface area contributed by atoms with Crippen LogP contribution in [0.1, 0.15) is 67.0 Å². The number of nitrogens with two attached hydrogens (primary N) is 1. The fourth-order valence-electron chi connectivity index (χ4n) is 4.02. The van der Waals surface area contributed by atoms with Crippen LogP contribution in [0, 0.1) is 0 Å². The Morgan fingerprint density at radius 3 is 2.37 bits per heavy atom. The number of amides is 1. The third-order valence-electron chi connectivity index (χ3n) is 5.78. The van der Waals surface area contributed by atoms with Gasteiger partial charge >= 0.3 is 0 Å². The highest BCUT2D eigenvalue weighted by molar-refractivity contribution is 6.41. The molecule has 1 aliphatic carbocycles. The lowest BCUT2D eigenvalue weighted by Gasteiger charge is -2.14. The Kier molecular flexibility index (Phi) is 11.9. The largest absolute Gasteiger partial charge is 0.493 e. The maximum Gasteiger partial charge on any atom is 0.293 e. The van der Waals surface area contributed by atoms with Crippen molar-refractivity contribution >= 4 is 29.4 Å². The second kappa shape index (κ2) is 14.6. The molecule has 8 heteroatoms. The highest BCUT2D eigenvalue weighted by Crippen LogP contribution is 2.29. The number of halogens is 1. The van der Waals surface area contributed by atoms with Crippen molar-refractivity contribution in [3.63, 3.8) is 0 Å².